The van der Waals surface area contributed by atoms with E-state index in [0.717, 1.165) is 0 Å². The number of aromatic hydroxyl groups is 1. The molecule has 0 saturated carbocycles. The van der Waals surface area contributed by atoms with Gasteiger partial charge in [0.15, 0.2) is 11.5 Å². The van der Waals surface area contributed by atoms with Crippen LogP contribution < -0.4 is 10.2 Å². The van der Waals surface area contributed by atoms with E-state index < -0.39 is 0 Å². The van der Waals surface area contributed by atoms with Crippen molar-refractivity contribution in [1.82, 2.24) is 20.6 Å². The van der Waals surface area contributed by atoms with Crippen molar-refractivity contribution in [2.24, 2.45) is 5.10 Å². The minimum Gasteiger partial charge on any atom is -0.503 e. The first-order chi connectivity index (χ1) is 8.70. The molecule has 1 heterocycles. The van der Waals surface area contributed by atoms with E-state index >= 15 is 0 Å². The van der Waals surface area contributed by atoms with E-state index in [2.05, 4.69) is 31.2 Å². The predicted octanol–water partition coefficient (Wildman–Crippen LogP) is 1.01. The summed E-state index contributed by atoms with van der Waals surface area (Å²) in [5.41, 5.74) is 3.20. The number of H-pyrrole nitrogens is 1. The monoisotopic (exact) mass is 268 g/mol. The number of ether oxygens (including phenoxy) is 1. The number of tetrazole rings is 1. The molecule has 9 heteroatoms. The fourth-order valence-corrected chi connectivity index (χ4v) is 1.42. The first kappa shape index (κ1) is 12.1. The van der Waals surface area contributed by atoms with E-state index in [4.69, 9.17) is 16.3 Å². The van der Waals surface area contributed by atoms with Crippen LogP contribution in [0.25, 0.3) is 0 Å². The standard InChI is InChI=1S/C9H9ClN6O2/c1-18-7-3-5(2-6(10)8(7)17)4-11-12-9-13-15-16-14-9/h2-4,17H,1H3,(H2,12,13,14,15,16)/b11-4-. The first-order valence-electron chi connectivity index (χ1n) is 4.79. The number of aromatic amines is 1. The van der Waals surface area contributed by atoms with Crippen molar-refractivity contribution in [3.05, 3.63) is 22.7 Å². The maximum Gasteiger partial charge on any atom is 0.283 e. The van der Waals surface area contributed by atoms with Gasteiger partial charge in [-0.3, -0.25) is 0 Å². The minimum absolute atomic E-state index is 0.109. The number of nitrogens with one attached hydrogen (secondary N) is 2. The second-order valence-electron chi connectivity index (χ2n) is 3.16. The van der Waals surface area contributed by atoms with Gasteiger partial charge in [0.2, 0.25) is 0 Å². The van der Waals surface area contributed by atoms with E-state index in [-0.39, 0.29) is 22.5 Å². The molecule has 3 N–H and O–H groups in total. The SMILES string of the molecule is COc1cc(/C=N\Nc2nn[nH]n2)cc(Cl)c1O. The topological polar surface area (TPSA) is 108 Å². The number of hydrogen-bond donors (Lipinski definition) is 3. The molecule has 0 aliphatic rings. The van der Waals surface area contributed by atoms with Crippen LogP contribution in [0, 0.1) is 0 Å². The molecule has 0 saturated heterocycles. The minimum atomic E-state index is -0.109. The number of nitrogens with zero attached hydrogens (tertiary/aromatic N) is 4. The van der Waals surface area contributed by atoms with E-state index in [1.807, 2.05) is 0 Å². The summed E-state index contributed by atoms with van der Waals surface area (Å²) < 4.78 is 4.96. The third-order valence-corrected chi connectivity index (χ3v) is 2.28. The molecule has 0 amide bonds. The number of phenols is 1. The lowest BCUT2D eigenvalue weighted by atomic mass is 10.2. The zero-order chi connectivity index (χ0) is 13.0. The third-order valence-electron chi connectivity index (χ3n) is 1.99. The summed E-state index contributed by atoms with van der Waals surface area (Å²) in [5.74, 6) is 0.397. The van der Waals surface area contributed by atoms with Crippen molar-refractivity contribution >= 4 is 23.8 Å². The van der Waals surface area contributed by atoms with Crippen molar-refractivity contribution in [2.75, 3.05) is 12.5 Å². The Balaban J connectivity index is 2.14. The Morgan fingerprint density at radius 2 is 2.39 bits per heavy atom. The highest BCUT2D eigenvalue weighted by molar-refractivity contribution is 6.32. The Hall–Kier alpha value is -2.35. The summed E-state index contributed by atoms with van der Waals surface area (Å²) in [5, 5.41) is 26.5. The maximum absolute atomic E-state index is 9.55. The van der Waals surface area contributed by atoms with Gasteiger partial charge in [-0.05, 0) is 22.9 Å². The zero-order valence-electron chi connectivity index (χ0n) is 9.25. The summed E-state index contributed by atoms with van der Waals surface area (Å²) >= 11 is 5.82. The lowest BCUT2D eigenvalue weighted by molar-refractivity contribution is 0.373. The van der Waals surface area contributed by atoms with Crippen LogP contribution in [-0.2, 0) is 0 Å². The Kier molecular flexibility index (Phi) is 3.58. The molecule has 0 spiro atoms. The van der Waals surface area contributed by atoms with Gasteiger partial charge in [-0.25, -0.2) is 5.43 Å². The van der Waals surface area contributed by atoms with Crippen LogP contribution in [0.4, 0.5) is 5.95 Å². The summed E-state index contributed by atoms with van der Waals surface area (Å²) in [6.07, 6.45) is 1.48. The van der Waals surface area contributed by atoms with Gasteiger partial charge >= 0.3 is 0 Å². The Bertz CT molecular complexity index is 556. The lowest BCUT2D eigenvalue weighted by Gasteiger charge is -2.05. The van der Waals surface area contributed by atoms with Gasteiger partial charge in [0.25, 0.3) is 5.95 Å². The fraction of sp³-hybridized carbons (Fsp3) is 0.111. The van der Waals surface area contributed by atoms with Crippen LogP contribution in [-0.4, -0.2) is 39.1 Å². The van der Waals surface area contributed by atoms with Crippen LogP contribution >= 0.6 is 11.6 Å². The number of hydrazone groups is 1. The van der Waals surface area contributed by atoms with Crippen LogP contribution in [0.2, 0.25) is 5.02 Å². The van der Waals surface area contributed by atoms with Gasteiger partial charge < -0.3 is 9.84 Å². The lowest BCUT2D eigenvalue weighted by Crippen LogP contribution is -1.93. The molecule has 1 aromatic heterocycles. The van der Waals surface area contributed by atoms with Crippen molar-refractivity contribution < 1.29 is 9.84 Å². The molecule has 8 nitrogen and oxygen atoms in total. The fourth-order valence-electron chi connectivity index (χ4n) is 1.20. The third kappa shape index (κ3) is 2.66. The molecule has 0 fully saturated rings. The Morgan fingerprint density at radius 1 is 1.56 bits per heavy atom. The smallest absolute Gasteiger partial charge is 0.283 e. The van der Waals surface area contributed by atoms with Gasteiger partial charge in [0.1, 0.15) is 0 Å². The molecule has 0 bridgehead atoms. The molecule has 94 valence electrons. The maximum atomic E-state index is 9.55. The van der Waals surface area contributed by atoms with Crippen molar-refractivity contribution in [1.29, 1.82) is 0 Å². The predicted molar refractivity (Wildman–Crippen MR) is 65.1 cm³/mol. The van der Waals surface area contributed by atoms with Gasteiger partial charge in [-0.1, -0.05) is 16.7 Å². The first-order valence-corrected chi connectivity index (χ1v) is 5.17. The average molecular weight is 269 g/mol. The molecule has 0 atom stereocenters. The van der Waals surface area contributed by atoms with Gasteiger partial charge in [-0.15, -0.1) is 5.10 Å². The van der Waals surface area contributed by atoms with Gasteiger partial charge in [0.05, 0.1) is 18.3 Å². The number of halogens is 1. The molecule has 0 aliphatic heterocycles. The highest BCUT2D eigenvalue weighted by Gasteiger charge is 2.07. The largest absolute Gasteiger partial charge is 0.503 e. The highest BCUT2D eigenvalue weighted by Crippen LogP contribution is 2.34. The molecule has 0 radical (unpaired) electrons. The number of rotatable bonds is 4. The van der Waals surface area contributed by atoms with Gasteiger partial charge in [-0.2, -0.15) is 10.3 Å². The number of benzene rings is 1. The van der Waals surface area contributed by atoms with Crippen molar-refractivity contribution in [3.63, 3.8) is 0 Å². The number of hydrogen-bond acceptors (Lipinski definition) is 7. The summed E-state index contributed by atoms with van der Waals surface area (Å²) in [6, 6.07) is 3.13. The number of aromatic nitrogens is 4. The Labute approximate surface area is 107 Å². The number of anilines is 1. The summed E-state index contributed by atoms with van der Waals surface area (Å²) in [4.78, 5) is 0. The van der Waals surface area contributed by atoms with Crippen molar-refractivity contribution in [3.8, 4) is 11.5 Å². The molecular formula is C9H9ClN6O2. The van der Waals surface area contributed by atoms with E-state index in [1.165, 1.54) is 13.3 Å². The molecule has 2 aromatic rings. The van der Waals surface area contributed by atoms with Crippen LogP contribution in [0.15, 0.2) is 17.2 Å². The second kappa shape index (κ2) is 5.32. The summed E-state index contributed by atoms with van der Waals surface area (Å²) in [7, 11) is 1.43. The van der Waals surface area contributed by atoms with Crippen LogP contribution in [0.5, 0.6) is 11.5 Å². The highest BCUT2D eigenvalue weighted by atomic mass is 35.5. The van der Waals surface area contributed by atoms with E-state index in [0.29, 0.717) is 5.56 Å². The summed E-state index contributed by atoms with van der Waals surface area (Å²) in [6.45, 7) is 0. The quantitative estimate of drug-likeness (QED) is 0.564. The molecule has 0 unspecified atom stereocenters. The normalized spacial score (nSPS) is 10.8. The molecule has 0 aliphatic carbocycles. The molecule has 18 heavy (non-hydrogen) atoms. The zero-order valence-corrected chi connectivity index (χ0v) is 10.0. The molecule has 2 rings (SSSR count). The van der Waals surface area contributed by atoms with Crippen LogP contribution in [0.1, 0.15) is 5.56 Å². The molecule has 1 aromatic carbocycles. The van der Waals surface area contributed by atoms with Crippen LogP contribution in [0.3, 0.4) is 0 Å². The van der Waals surface area contributed by atoms with E-state index in [1.54, 1.807) is 12.1 Å². The average Bonchev–Trinajstić information content (AvgIpc) is 2.86. The molecular weight excluding hydrogens is 260 g/mol. The second-order valence-corrected chi connectivity index (χ2v) is 3.57. The van der Waals surface area contributed by atoms with E-state index in [9.17, 15) is 5.11 Å². The number of methoxy groups -OCH3 is 1. The van der Waals surface area contributed by atoms with Gasteiger partial charge in [0, 0.05) is 0 Å². The number of phenolic OH excluding ortho intramolecular Hbond substituents is 1. The van der Waals surface area contributed by atoms with Crippen molar-refractivity contribution in [2.45, 2.75) is 0 Å². The Morgan fingerprint density at radius 3 is 3.06 bits per heavy atom.